The number of hydrogen-bond donors (Lipinski definition) is 2. The lowest BCUT2D eigenvalue weighted by Crippen LogP contribution is -2.45. The van der Waals surface area contributed by atoms with Crippen LogP contribution in [0.1, 0.15) is 433 Å². The van der Waals surface area contributed by atoms with Crippen molar-refractivity contribution in [2.75, 3.05) is 33.0 Å². The van der Waals surface area contributed by atoms with Crippen LogP contribution in [0.5, 0.6) is 0 Å². The largest absolute Gasteiger partial charge is 0.466 e. The number of allylic oxidation sites excluding steroid dienone is 4. The van der Waals surface area contributed by atoms with Crippen molar-refractivity contribution in [2.45, 2.75) is 450 Å². The number of carbonyl (C=O) groups is 6. The van der Waals surface area contributed by atoms with E-state index in [1.807, 2.05) is 0 Å². The van der Waals surface area contributed by atoms with Crippen molar-refractivity contribution in [3.63, 3.8) is 0 Å². The first-order chi connectivity index (χ1) is 48.3. The smallest absolute Gasteiger partial charge is 0.339 e. The number of carbonyl (C=O) groups excluding carboxylic acids is 6. The van der Waals surface area contributed by atoms with Gasteiger partial charge in [0.1, 0.15) is 12.7 Å². The Hall–Kier alpha value is -3.78. The minimum atomic E-state index is -2.59. The van der Waals surface area contributed by atoms with Crippen LogP contribution < -0.4 is 0 Å². The van der Waals surface area contributed by atoms with Crippen molar-refractivity contribution in [3.8, 4) is 0 Å². The molecule has 580 valence electrons. The Kier molecular flexibility index (Phi) is 69.8. The molecule has 0 aliphatic carbocycles. The first-order valence-corrected chi connectivity index (χ1v) is 42.0. The second kappa shape index (κ2) is 72.6. The van der Waals surface area contributed by atoms with Crippen molar-refractivity contribution < 1.29 is 67.4 Å². The van der Waals surface area contributed by atoms with Gasteiger partial charge in [0.2, 0.25) is 0 Å². The van der Waals surface area contributed by atoms with E-state index in [4.69, 9.17) is 28.4 Å². The minimum absolute atomic E-state index is 0.00255. The van der Waals surface area contributed by atoms with Crippen molar-refractivity contribution in [3.05, 3.63) is 24.3 Å². The Labute approximate surface area is 607 Å². The van der Waals surface area contributed by atoms with E-state index < -0.39 is 85.4 Å². The lowest BCUT2D eigenvalue weighted by atomic mass is 9.95. The van der Waals surface area contributed by atoms with Gasteiger partial charge in [0.15, 0.2) is 11.2 Å². The minimum Gasteiger partial charge on any atom is -0.466 e. The quantitative estimate of drug-likeness (QED) is 0.0252. The molecular weight excluding hydrogens is 1240 g/mol. The molecule has 0 rings (SSSR count). The highest BCUT2D eigenvalue weighted by atomic mass is 16.6. The summed E-state index contributed by atoms with van der Waals surface area (Å²) >= 11 is 0. The average molecular weight is 1400 g/mol. The zero-order valence-corrected chi connectivity index (χ0v) is 65.1. The Morgan fingerprint density at radius 3 is 0.697 bits per heavy atom. The highest BCUT2D eigenvalue weighted by Gasteiger charge is 2.45. The fourth-order valence-corrected chi connectivity index (χ4v) is 12.6. The highest BCUT2D eigenvalue weighted by molar-refractivity contribution is 5.91. The van der Waals surface area contributed by atoms with Gasteiger partial charge < -0.3 is 38.6 Å². The summed E-state index contributed by atoms with van der Waals surface area (Å²) < 4.78 is 32.9. The van der Waals surface area contributed by atoms with Gasteiger partial charge in [-0.2, -0.15) is 0 Å². The van der Waals surface area contributed by atoms with E-state index in [1.165, 1.54) is 219 Å². The average Bonchev–Trinajstić information content (AvgIpc) is 0.853. The van der Waals surface area contributed by atoms with Gasteiger partial charge in [-0.3, -0.25) is 19.2 Å². The Morgan fingerprint density at radius 1 is 0.263 bits per heavy atom. The van der Waals surface area contributed by atoms with Gasteiger partial charge in [-0.25, -0.2) is 9.59 Å². The Bertz CT molecular complexity index is 1920. The number of hydrogen-bond acceptors (Lipinski definition) is 14. The van der Waals surface area contributed by atoms with Crippen LogP contribution in [0.15, 0.2) is 24.3 Å². The predicted molar refractivity (Wildman–Crippen MR) is 407 cm³/mol. The molecule has 14 heteroatoms. The molecule has 0 amide bonds. The zero-order chi connectivity index (χ0) is 72.5. The third-order valence-electron chi connectivity index (χ3n) is 19.1. The van der Waals surface area contributed by atoms with Crippen molar-refractivity contribution in [1.82, 2.24) is 0 Å². The van der Waals surface area contributed by atoms with Gasteiger partial charge >= 0.3 is 35.8 Å². The lowest BCUT2D eigenvalue weighted by Gasteiger charge is -2.26. The molecule has 0 bridgehead atoms. The highest BCUT2D eigenvalue weighted by Crippen LogP contribution is 2.25. The molecule has 0 aliphatic heterocycles. The maximum absolute atomic E-state index is 13.6. The topological polar surface area (TPSA) is 198 Å². The fourth-order valence-electron chi connectivity index (χ4n) is 12.6. The molecule has 0 radical (unpaired) electrons. The van der Waals surface area contributed by atoms with Crippen molar-refractivity contribution in [1.29, 1.82) is 0 Å². The number of ether oxygens (including phenoxy) is 6. The fraction of sp³-hybridized carbons (Fsp3) is 0.882. The number of rotatable bonds is 77. The number of unbranched alkanes of at least 4 members (excludes halogenated alkanes) is 52. The molecule has 0 saturated heterocycles. The van der Waals surface area contributed by atoms with Crippen molar-refractivity contribution in [2.24, 2.45) is 0 Å². The van der Waals surface area contributed by atoms with E-state index in [1.54, 1.807) is 0 Å². The van der Waals surface area contributed by atoms with Crippen LogP contribution >= 0.6 is 0 Å². The SMILES string of the molecule is CCCCCCCC/C=C/CCCCCCCCOC(=O)CC(O)(CC(=O)OCC(C)OC(=O)CC(O)(CC(=O)OCCCCCCCCCCCCCCCC)C(=O)OCCCCCCCCCCCCCCCCCC)C(=O)OCCCCCCCC/C=C/CCCCCCCC. The van der Waals surface area contributed by atoms with Gasteiger partial charge in [-0.05, 0) is 84.0 Å². The van der Waals surface area contributed by atoms with E-state index in [2.05, 4.69) is 52.0 Å². The van der Waals surface area contributed by atoms with Crippen molar-refractivity contribution >= 4 is 35.8 Å². The van der Waals surface area contributed by atoms with E-state index in [0.29, 0.717) is 25.7 Å². The molecule has 2 N–H and O–H groups in total. The molecule has 0 aromatic rings. The summed E-state index contributed by atoms with van der Waals surface area (Å²) in [7, 11) is 0. The standard InChI is InChI=1S/C85H156O14/c1-6-10-14-18-22-26-30-34-38-41-45-49-53-56-60-64-68-94-78(86)72-84(92,82(90)96-70-66-62-58-54-50-46-42-39-35-31-27-23-19-15-11-7-2)74-80(88)98-76-77(5)99-81(89)75-85(93,73-79(87)95-69-65-61-57-52-48-44-37-33-29-25-21-17-13-9-4)83(91)97-71-67-63-59-55-51-47-43-40-36-32-28-24-20-16-12-8-3/h34-35,38-39,77,92-93H,6-33,36-37,40-76H2,1-5H3/b38-34+,39-35+. The third kappa shape index (κ3) is 64.8. The van der Waals surface area contributed by atoms with E-state index in [0.717, 1.165) is 135 Å². The molecule has 0 aliphatic rings. The van der Waals surface area contributed by atoms with Crippen LogP contribution in [0.25, 0.3) is 0 Å². The molecule has 0 fully saturated rings. The molecular formula is C85H156O14. The van der Waals surface area contributed by atoms with E-state index >= 15 is 0 Å². The van der Waals surface area contributed by atoms with Gasteiger partial charge in [-0.15, -0.1) is 0 Å². The summed E-state index contributed by atoms with van der Waals surface area (Å²) in [5.41, 5.74) is -5.18. The predicted octanol–water partition coefficient (Wildman–Crippen LogP) is 23.5. The molecule has 0 spiro atoms. The molecule has 0 aromatic carbocycles. The van der Waals surface area contributed by atoms with Crippen LogP contribution in [0.4, 0.5) is 0 Å². The molecule has 0 aromatic heterocycles. The summed E-state index contributed by atoms with van der Waals surface area (Å²) in [6.07, 6.45) is 71.6. The maximum Gasteiger partial charge on any atom is 0.339 e. The van der Waals surface area contributed by atoms with Gasteiger partial charge in [-0.1, -0.05) is 347 Å². The number of esters is 6. The van der Waals surface area contributed by atoms with Crippen LogP contribution in [-0.4, -0.2) is 96.4 Å². The normalized spacial score (nSPS) is 13.2. The van der Waals surface area contributed by atoms with Crippen LogP contribution in [0.2, 0.25) is 0 Å². The van der Waals surface area contributed by atoms with Crippen LogP contribution in [-0.2, 0) is 57.2 Å². The number of aliphatic hydroxyl groups is 2. The van der Waals surface area contributed by atoms with E-state index in [-0.39, 0.29) is 26.4 Å². The zero-order valence-electron chi connectivity index (χ0n) is 65.1. The molecule has 99 heavy (non-hydrogen) atoms. The summed E-state index contributed by atoms with van der Waals surface area (Å²) in [5.74, 6) is -6.10. The Morgan fingerprint density at radius 2 is 0.455 bits per heavy atom. The second-order valence-corrected chi connectivity index (χ2v) is 29.2. The molecule has 14 nitrogen and oxygen atoms in total. The third-order valence-corrected chi connectivity index (χ3v) is 19.1. The first kappa shape index (κ1) is 95.2. The lowest BCUT2D eigenvalue weighted by molar-refractivity contribution is -0.181. The maximum atomic E-state index is 13.6. The van der Waals surface area contributed by atoms with Crippen LogP contribution in [0.3, 0.4) is 0 Å². The molecule has 3 unspecified atom stereocenters. The second-order valence-electron chi connectivity index (χ2n) is 29.2. The summed E-state index contributed by atoms with van der Waals surface area (Å²) in [4.78, 5) is 80.6. The molecule has 0 heterocycles. The monoisotopic (exact) mass is 1400 g/mol. The summed E-state index contributed by atoms with van der Waals surface area (Å²) in [6.45, 7) is 10.1. The first-order valence-electron chi connectivity index (χ1n) is 42.0. The van der Waals surface area contributed by atoms with Gasteiger partial charge in [0.05, 0.1) is 52.1 Å². The van der Waals surface area contributed by atoms with Gasteiger partial charge in [0.25, 0.3) is 0 Å². The van der Waals surface area contributed by atoms with Crippen LogP contribution in [0, 0.1) is 0 Å². The summed E-state index contributed by atoms with van der Waals surface area (Å²) in [6, 6.07) is 0. The van der Waals surface area contributed by atoms with E-state index in [9.17, 15) is 39.0 Å². The summed E-state index contributed by atoms with van der Waals surface area (Å²) in [5, 5.41) is 23.5. The molecule has 0 saturated carbocycles. The van der Waals surface area contributed by atoms with Gasteiger partial charge in [0, 0.05) is 0 Å². The molecule has 3 atom stereocenters. The Balaban J connectivity index is 5.49.